The number of halogens is 4. The zero-order valence-corrected chi connectivity index (χ0v) is 27.7. The molecule has 0 atom stereocenters. The van der Waals surface area contributed by atoms with Gasteiger partial charge in [0.05, 0.1) is 35.2 Å². The van der Waals surface area contributed by atoms with E-state index in [1.54, 1.807) is 6.20 Å². The fourth-order valence-corrected chi connectivity index (χ4v) is 6.02. The molecule has 0 aliphatic carbocycles. The third-order valence-corrected chi connectivity index (χ3v) is 8.78. The van der Waals surface area contributed by atoms with E-state index in [9.17, 15) is 23.4 Å². The number of pyridine rings is 2. The van der Waals surface area contributed by atoms with Crippen LogP contribution in [-0.2, 0) is 19.4 Å². The summed E-state index contributed by atoms with van der Waals surface area (Å²) in [5, 5.41) is 19.3. The highest BCUT2D eigenvalue weighted by Gasteiger charge is 2.30. The smallest absolute Gasteiger partial charge is 0.392 e. The van der Waals surface area contributed by atoms with Gasteiger partial charge >= 0.3 is 6.18 Å². The number of fused-ring (bicyclic) bond motifs is 2. The summed E-state index contributed by atoms with van der Waals surface area (Å²) in [6.45, 7) is 0.0110. The van der Waals surface area contributed by atoms with Crippen LogP contribution in [0.5, 0.6) is 0 Å². The van der Waals surface area contributed by atoms with E-state index in [2.05, 4.69) is 9.97 Å². The molecule has 0 fully saturated rings. The minimum atomic E-state index is -4.35. The lowest BCUT2D eigenvalue weighted by Crippen LogP contribution is -2.03. The van der Waals surface area contributed by atoms with Crippen LogP contribution >= 0.6 is 11.6 Å². The molecule has 0 amide bonds. The highest BCUT2D eigenvalue weighted by atomic mass is 35.5. The van der Waals surface area contributed by atoms with Crippen molar-refractivity contribution in [3.8, 4) is 44.8 Å². The molecular formula is C41H30ClF3N4O2. The fraction of sp³-hybridized carbons (Fsp3) is 0.0732. The van der Waals surface area contributed by atoms with Crippen molar-refractivity contribution >= 4 is 22.9 Å². The topological polar surface area (TPSA) is 75.1 Å². The summed E-state index contributed by atoms with van der Waals surface area (Å²) < 4.78 is 42.0. The fourth-order valence-electron chi connectivity index (χ4n) is 5.79. The maximum absolute atomic E-state index is 12.7. The van der Waals surface area contributed by atoms with Crippen LogP contribution in [0.1, 0.15) is 16.7 Å². The quantitative estimate of drug-likeness (QED) is 0.181. The van der Waals surface area contributed by atoms with Crippen molar-refractivity contribution in [2.24, 2.45) is 0 Å². The van der Waals surface area contributed by atoms with E-state index in [-0.39, 0.29) is 13.2 Å². The molecule has 6 nitrogen and oxygen atoms in total. The molecule has 4 aromatic heterocycles. The van der Waals surface area contributed by atoms with Crippen LogP contribution in [0.2, 0.25) is 5.02 Å². The van der Waals surface area contributed by atoms with E-state index >= 15 is 0 Å². The number of aliphatic hydroxyl groups excluding tert-OH is 2. The highest BCUT2D eigenvalue weighted by Crippen LogP contribution is 2.32. The van der Waals surface area contributed by atoms with Crippen LogP contribution in [0.4, 0.5) is 13.2 Å². The minimum absolute atomic E-state index is 0.0285. The molecule has 2 N–H and O–H groups in total. The largest absolute Gasteiger partial charge is 0.416 e. The van der Waals surface area contributed by atoms with Gasteiger partial charge in [0.25, 0.3) is 0 Å². The van der Waals surface area contributed by atoms with Gasteiger partial charge in [-0.15, -0.1) is 0 Å². The molecule has 0 unspecified atom stereocenters. The third-order valence-electron chi connectivity index (χ3n) is 8.45. The number of aromatic nitrogens is 4. The van der Waals surface area contributed by atoms with Crippen LogP contribution in [0.25, 0.3) is 56.1 Å². The maximum atomic E-state index is 12.7. The summed E-state index contributed by atoms with van der Waals surface area (Å²) in [5.74, 6) is 0. The second-order valence-electron chi connectivity index (χ2n) is 11.9. The van der Waals surface area contributed by atoms with Gasteiger partial charge in [-0.25, -0.2) is 9.97 Å². The van der Waals surface area contributed by atoms with Gasteiger partial charge in [-0.3, -0.25) is 0 Å². The van der Waals surface area contributed by atoms with Crippen molar-refractivity contribution in [3.63, 3.8) is 0 Å². The van der Waals surface area contributed by atoms with Crippen molar-refractivity contribution in [3.05, 3.63) is 168 Å². The SMILES string of the molecule is OCc1cccc(-c2ccc3nc(-c4ccc(C(F)(F)F)cc4)cn3c2)c1.OCc1cccc(-c2ccc3nc(-c4ccccc4Cl)cn3c2)c1. The first-order chi connectivity index (χ1) is 24.7. The van der Waals surface area contributed by atoms with Crippen LogP contribution < -0.4 is 0 Å². The van der Waals surface area contributed by atoms with Crippen molar-refractivity contribution in [2.75, 3.05) is 0 Å². The van der Waals surface area contributed by atoms with E-state index < -0.39 is 11.7 Å². The number of alkyl halides is 3. The Morgan fingerprint density at radius 2 is 1.04 bits per heavy atom. The average Bonchev–Trinajstić information content (AvgIpc) is 3.79. The Bertz CT molecular complexity index is 2470. The molecular weight excluding hydrogens is 673 g/mol. The van der Waals surface area contributed by atoms with Crippen molar-refractivity contribution in [1.29, 1.82) is 0 Å². The number of hydrogen-bond donors (Lipinski definition) is 2. The van der Waals surface area contributed by atoms with Crippen molar-refractivity contribution in [1.82, 2.24) is 18.8 Å². The van der Waals surface area contributed by atoms with Crippen LogP contribution in [-0.4, -0.2) is 29.0 Å². The number of benzene rings is 4. The van der Waals surface area contributed by atoms with Crippen LogP contribution in [0.15, 0.2) is 146 Å². The second-order valence-corrected chi connectivity index (χ2v) is 12.3. The molecule has 0 aliphatic heterocycles. The summed E-state index contributed by atoms with van der Waals surface area (Å²) in [4.78, 5) is 9.14. The lowest BCUT2D eigenvalue weighted by atomic mass is 10.1. The molecule has 0 bridgehead atoms. The summed E-state index contributed by atoms with van der Waals surface area (Å²) in [6.07, 6.45) is 3.37. The van der Waals surface area contributed by atoms with Gasteiger partial charge in [0.1, 0.15) is 11.3 Å². The Morgan fingerprint density at radius 3 is 1.57 bits per heavy atom. The molecule has 8 rings (SSSR count). The molecule has 0 spiro atoms. The van der Waals surface area contributed by atoms with Crippen LogP contribution in [0, 0.1) is 0 Å². The molecule has 51 heavy (non-hydrogen) atoms. The highest BCUT2D eigenvalue weighted by molar-refractivity contribution is 6.33. The maximum Gasteiger partial charge on any atom is 0.416 e. The van der Waals surface area contributed by atoms with Crippen molar-refractivity contribution < 1.29 is 23.4 Å². The molecule has 0 saturated heterocycles. The first kappa shape index (κ1) is 33.7. The van der Waals surface area contributed by atoms with Gasteiger partial charge in [-0.2, -0.15) is 13.2 Å². The zero-order chi connectivity index (χ0) is 35.5. The Balaban J connectivity index is 0.000000160. The number of imidazole rings is 2. The minimum Gasteiger partial charge on any atom is -0.392 e. The van der Waals surface area contributed by atoms with Gasteiger partial charge in [0.2, 0.25) is 0 Å². The second kappa shape index (κ2) is 14.2. The predicted molar refractivity (Wildman–Crippen MR) is 194 cm³/mol. The molecule has 254 valence electrons. The molecule has 0 aliphatic rings. The number of rotatable bonds is 6. The lowest BCUT2D eigenvalue weighted by molar-refractivity contribution is -0.137. The number of hydrogen-bond acceptors (Lipinski definition) is 4. The van der Waals surface area contributed by atoms with Crippen molar-refractivity contribution in [2.45, 2.75) is 19.4 Å². The zero-order valence-electron chi connectivity index (χ0n) is 27.0. The van der Waals surface area contributed by atoms with E-state index in [4.69, 9.17) is 11.6 Å². The lowest BCUT2D eigenvalue weighted by Gasteiger charge is -2.06. The molecule has 0 saturated carbocycles. The first-order valence-electron chi connectivity index (χ1n) is 16.0. The normalized spacial score (nSPS) is 11.5. The molecule has 8 aromatic rings. The van der Waals surface area contributed by atoms with Gasteiger partial charge < -0.3 is 19.0 Å². The predicted octanol–water partition coefficient (Wildman–Crippen LogP) is 9.99. The standard InChI is InChI=1S/C21H15F3N2O.C20H15ClN2O/c22-21(23,24)18-7-4-15(5-8-18)19-12-26-11-17(6-9-20(26)25-19)16-3-1-2-14(10-16)13-27;21-18-7-2-1-6-17(18)19-12-23-11-16(8-9-20(23)22-19)15-5-3-4-14(10-15)13-24/h1-12,27H,13H2;1-12,24H,13H2. The molecule has 10 heteroatoms. The average molecular weight is 703 g/mol. The monoisotopic (exact) mass is 702 g/mol. The summed E-state index contributed by atoms with van der Waals surface area (Å²) in [5.41, 5.74) is 9.66. The van der Waals surface area contributed by atoms with E-state index in [0.29, 0.717) is 21.9 Å². The summed E-state index contributed by atoms with van der Waals surface area (Å²) >= 11 is 6.27. The van der Waals surface area contributed by atoms with E-state index in [0.717, 1.165) is 62.4 Å². The van der Waals surface area contributed by atoms with Crippen LogP contribution in [0.3, 0.4) is 0 Å². The first-order valence-corrected chi connectivity index (χ1v) is 16.4. The summed E-state index contributed by atoms with van der Waals surface area (Å²) in [7, 11) is 0. The Labute approximate surface area is 296 Å². The van der Waals surface area contributed by atoms with Gasteiger partial charge in [-0.1, -0.05) is 78.3 Å². The third kappa shape index (κ3) is 7.41. The molecule has 4 heterocycles. The Morgan fingerprint density at radius 1 is 0.529 bits per heavy atom. The number of aliphatic hydroxyl groups is 2. The summed E-state index contributed by atoms with van der Waals surface area (Å²) in [6, 6.07) is 36.0. The van der Waals surface area contributed by atoms with Gasteiger partial charge in [0.15, 0.2) is 0 Å². The molecule has 0 radical (unpaired) electrons. The number of nitrogens with zero attached hydrogens (tertiary/aromatic N) is 4. The van der Waals surface area contributed by atoms with Gasteiger partial charge in [0, 0.05) is 35.9 Å². The Hall–Kier alpha value is -5.74. The molecule has 4 aromatic carbocycles. The van der Waals surface area contributed by atoms with Gasteiger partial charge in [-0.05, 0) is 88.0 Å². The van der Waals surface area contributed by atoms with E-state index in [1.165, 1.54) is 12.1 Å². The Kier molecular flexibility index (Phi) is 9.42. The van der Waals surface area contributed by atoms with E-state index in [1.807, 2.05) is 124 Å².